The molecule has 2 aromatic carbocycles. The quantitative estimate of drug-likeness (QED) is 0.656. The second-order valence-corrected chi connectivity index (χ2v) is 3.82. The average Bonchev–Trinajstić information content (AvgIpc) is 2.38. The molecule has 0 bridgehead atoms. The molecule has 2 aromatic rings. The first-order valence-corrected chi connectivity index (χ1v) is 5.64. The maximum absolute atomic E-state index is 2.24. The zero-order chi connectivity index (χ0) is 11.2. The maximum atomic E-state index is 2.24. The highest BCUT2D eigenvalue weighted by molar-refractivity contribution is 5.36. The largest absolute Gasteiger partial charge is 0.0907 e. The Balaban J connectivity index is 2.39. The minimum atomic E-state index is 0.368. The molecule has 0 amide bonds. The SMILES string of the molecule is CC=CC(c1ccccc1)c1ccccc1. The third-order valence-electron chi connectivity index (χ3n) is 2.70. The van der Waals surface area contributed by atoms with Crippen LogP contribution in [0.1, 0.15) is 24.0 Å². The van der Waals surface area contributed by atoms with E-state index in [9.17, 15) is 0 Å². The Kier molecular flexibility index (Phi) is 3.55. The monoisotopic (exact) mass is 208 g/mol. The summed E-state index contributed by atoms with van der Waals surface area (Å²) in [7, 11) is 0. The predicted molar refractivity (Wildman–Crippen MR) is 69.5 cm³/mol. The number of allylic oxidation sites excluding steroid dienone is 2. The van der Waals surface area contributed by atoms with E-state index in [1.807, 2.05) is 0 Å². The van der Waals surface area contributed by atoms with Gasteiger partial charge in [-0.05, 0) is 18.1 Å². The van der Waals surface area contributed by atoms with Gasteiger partial charge in [0, 0.05) is 5.92 Å². The minimum Gasteiger partial charge on any atom is -0.0907 e. The van der Waals surface area contributed by atoms with Gasteiger partial charge >= 0.3 is 0 Å². The standard InChI is InChI=1S/C16H16/c1-2-9-16(14-10-5-3-6-11-14)15-12-7-4-8-13-15/h2-13,16H,1H3. The van der Waals surface area contributed by atoms with Crippen molar-refractivity contribution in [3.63, 3.8) is 0 Å². The van der Waals surface area contributed by atoms with Gasteiger partial charge in [-0.25, -0.2) is 0 Å². The van der Waals surface area contributed by atoms with Crippen molar-refractivity contribution in [3.05, 3.63) is 83.9 Å². The van der Waals surface area contributed by atoms with Crippen LogP contribution in [0.2, 0.25) is 0 Å². The van der Waals surface area contributed by atoms with E-state index in [4.69, 9.17) is 0 Å². The van der Waals surface area contributed by atoms with E-state index in [0.29, 0.717) is 5.92 Å². The molecule has 0 nitrogen and oxygen atoms in total. The summed E-state index contributed by atoms with van der Waals surface area (Å²) in [6, 6.07) is 21.2. The highest BCUT2D eigenvalue weighted by Crippen LogP contribution is 2.25. The van der Waals surface area contributed by atoms with E-state index in [1.165, 1.54) is 11.1 Å². The van der Waals surface area contributed by atoms with Crippen LogP contribution < -0.4 is 0 Å². The summed E-state index contributed by atoms with van der Waals surface area (Å²) in [4.78, 5) is 0. The molecular formula is C16H16. The second-order valence-electron chi connectivity index (χ2n) is 3.82. The van der Waals surface area contributed by atoms with E-state index >= 15 is 0 Å². The summed E-state index contributed by atoms with van der Waals surface area (Å²) in [6.45, 7) is 2.07. The summed E-state index contributed by atoms with van der Waals surface area (Å²) in [5.74, 6) is 0.368. The number of hydrogen-bond donors (Lipinski definition) is 0. The normalized spacial score (nSPS) is 11.1. The van der Waals surface area contributed by atoms with Gasteiger partial charge in [0.25, 0.3) is 0 Å². The lowest BCUT2D eigenvalue weighted by Gasteiger charge is -2.13. The molecule has 2 rings (SSSR count). The van der Waals surface area contributed by atoms with Gasteiger partial charge < -0.3 is 0 Å². The average molecular weight is 208 g/mol. The van der Waals surface area contributed by atoms with Crippen molar-refractivity contribution in [2.75, 3.05) is 0 Å². The van der Waals surface area contributed by atoms with E-state index in [-0.39, 0.29) is 0 Å². The fraction of sp³-hybridized carbons (Fsp3) is 0.125. The molecule has 0 heteroatoms. The molecule has 0 radical (unpaired) electrons. The molecule has 0 saturated carbocycles. The van der Waals surface area contributed by atoms with Crippen molar-refractivity contribution in [1.29, 1.82) is 0 Å². The lowest BCUT2D eigenvalue weighted by Crippen LogP contribution is -1.96. The van der Waals surface area contributed by atoms with Crippen molar-refractivity contribution in [2.24, 2.45) is 0 Å². The van der Waals surface area contributed by atoms with Crippen LogP contribution in [0.3, 0.4) is 0 Å². The number of rotatable bonds is 3. The van der Waals surface area contributed by atoms with Crippen LogP contribution in [0, 0.1) is 0 Å². The fourth-order valence-corrected chi connectivity index (χ4v) is 1.93. The lowest BCUT2D eigenvalue weighted by molar-refractivity contribution is 1.02. The van der Waals surface area contributed by atoms with Crippen molar-refractivity contribution in [1.82, 2.24) is 0 Å². The van der Waals surface area contributed by atoms with Gasteiger partial charge in [0.05, 0.1) is 0 Å². The summed E-state index contributed by atoms with van der Waals surface area (Å²) >= 11 is 0. The molecule has 0 saturated heterocycles. The first-order chi connectivity index (χ1) is 7.92. The van der Waals surface area contributed by atoms with Gasteiger partial charge in [-0.1, -0.05) is 72.8 Å². The fourth-order valence-electron chi connectivity index (χ4n) is 1.93. The molecule has 0 spiro atoms. The van der Waals surface area contributed by atoms with E-state index in [2.05, 4.69) is 79.7 Å². The Hall–Kier alpha value is -1.82. The first-order valence-electron chi connectivity index (χ1n) is 5.64. The zero-order valence-corrected chi connectivity index (χ0v) is 9.51. The first kappa shape index (κ1) is 10.7. The van der Waals surface area contributed by atoms with Crippen LogP contribution >= 0.6 is 0 Å². The van der Waals surface area contributed by atoms with Gasteiger partial charge in [0.2, 0.25) is 0 Å². The predicted octanol–water partition coefficient (Wildman–Crippen LogP) is 4.39. The van der Waals surface area contributed by atoms with Gasteiger partial charge in [0.15, 0.2) is 0 Å². The third-order valence-corrected chi connectivity index (χ3v) is 2.70. The molecule has 0 aliphatic rings. The highest BCUT2D eigenvalue weighted by atomic mass is 14.1. The van der Waals surface area contributed by atoms with Crippen molar-refractivity contribution >= 4 is 0 Å². The molecule has 0 heterocycles. The van der Waals surface area contributed by atoms with E-state index in [0.717, 1.165) is 0 Å². The number of hydrogen-bond acceptors (Lipinski definition) is 0. The molecule has 80 valence electrons. The lowest BCUT2D eigenvalue weighted by atomic mass is 9.91. The molecule has 0 fully saturated rings. The van der Waals surface area contributed by atoms with E-state index < -0.39 is 0 Å². The Labute approximate surface area is 97.3 Å². The topological polar surface area (TPSA) is 0 Å². The van der Waals surface area contributed by atoms with Crippen molar-refractivity contribution in [3.8, 4) is 0 Å². The maximum Gasteiger partial charge on any atom is 0.0269 e. The van der Waals surface area contributed by atoms with Crippen LogP contribution in [-0.2, 0) is 0 Å². The van der Waals surface area contributed by atoms with E-state index in [1.54, 1.807) is 0 Å². The second kappa shape index (κ2) is 5.32. The van der Waals surface area contributed by atoms with Gasteiger partial charge in [-0.2, -0.15) is 0 Å². The molecule has 0 atom stereocenters. The van der Waals surface area contributed by atoms with Crippen LogP contribution in [-0.4, -0.2) is 0 Å². The summed E-state index contributed by atoms with van der Waals surface area (Å²) < 4.78 is 0. The molecule has 0 unspecified atom stereocenters. The Morgan fingerprint density at radius 1 is 0.750 bits per heavy atom. The summed E-state index contributed by atoms with van der Waals surface area (Å²) in [5.41, 5.74) is 2.68. The zero-order valence-electron chi connectivity index (χ0n) is 9.51. The van der Waals surface area contributed by atoms with Crippen LogP contribution in [0.4, 0.5) is 0 Å². The molecular weight excluding hydrogens is 192 g/mol. The molecule has 0 aliphatic heterocycles. The Morgan fingerprint density at radius 3 is 1.56 bits per heavy atom. The third kappa shape index (κ3) is 2.40. The summed E-state index contributed by atoms with van der Waals surface area (Å²) in [6.07, 6.45) is 4.36. The highest BCUT2D eigenvalue weighted by Gasteiger charge is 2.08. The number of benzene rings is 2. The van der Waals surface area contributed by atoms with Crippen LogP contribution in [0.25, 0.3) is 0 Å². The Morgan fingerprint density at radius 2 is 1.19 bits per heavy atom. The smallest absolute Gasteiger partial charge is 0.0269 e. The van der Waals surface area contributed by atoms with Gasteiger partial charge in [-0.3, -0.25) is 0 Å². The van der Waals surface area contributed by atoms with Crippen LogP contribution in [0.15, 0.2) is 72.8 Å². The molecule has 0 aromatic heterocycles. The Bertz CT molecular complexity index is 400. The van der Waals surface area contributed by atoms with Crippen molar-refractivity contribution < 1.29 is 0 Å². The van der Waals surface area contributed by atoms with Gasteiger partial charge in [-0.15, -0.1) is 0 Å². The van der Waals surface area contributed by atoms with Crippen molar-refractivity contribution in [2.45, 2.75) is 12.8 Å². The molecule has 16 heavy (non-hydrogen) atoms. The molecule has 0 aliphatic carbocycles. The summed E-state index contributed by atoms with van der Waals surface area (Å²) in [5, 5.41) is 0. The minimum absolute atomic E-state index is 0.368. The van der Waals surface area contributed by atoms with Crippen LogP contribution in [0.5, 0.6) is 0 Å². The van der Waals surface area contributed by atoms with Gasteiger partial charge in [0.1, 0.15) is 0 Å². The molecule has 0 N–H and O–H groups in total.